The van der Waals surface area contributed by atoms with Crippen LogP contribution in [0, 0.1) is 34.0 Å². The molecule has 0 saturated heterocycles. The van der Waals surface area contributed by atoms with Crippen molar-refractivity contribution in [1.82, 2.24) is 0 Å². The SMILES string of the molecule is C=C1C(=O)[C@]23[C@H](OC(=O)[C@@H](N)c4ccccc4)[C@H]1C[C@H](O)[C@H]2[C@]1(COC(C)=O)CCCC(C)(C)[C@H]1C[C@H]3OC. The molecule has 8 heteroatoms. The van der Waals surface area contributed by atoms with Crippen LogP contribution in [-0.4, -0.2) is 54.9 Å². The quantitative estimate of drug-likeness (QED) is 0.416. The van der Waals surface area contributed by atoms with Gasteiger partial charge in [-0.1, -0.05) is 57.2 Å². The normalized spacial score (nSPS) is 39.3. The van der Waals surface area contributed by atoms with Gasteiger partial charge in [0, 0.05) is 31.3 Å². The summed E-state index contributed by atoms with van der Waals surface area (Å²) in [5.41, 5.74) is 5.08. The van der Waals surface area contributed by atoms with Gasteiger partial charge in [-0.3, -0.25) is 9.59 Å². The molecule has 4 saturated carbocycles. The second kappa shape index (κ2) is 9.82. The van der Waals surface area contributed by atoms with E-state index in [0.29, 0.717) is 24.0 Å². The van der Waals surface area contributed by atoms with E-state index in [4.69, 9.17) is 19.9 Å². The van der Waals surface area contributed by atoms with Crippen LogP contribution in [0.2, 0.25) is 0 Å². The zero-order chi connectivity index (χ0) is 28.3. The fraction of sp³-hybridized carbons (Fsp3) is 0.645. The molecular weight excluding hydrogens is 498 g/mol. The van der Waals surface area contributed by atoms with Gasteiger partial charge in [-0.05, 0) is 48.2 Å². The lowest BCUT2D eigenvalue weighted by atomic mass is 9.39. The molecule has 1 spiro atoms. The maximum absolute atomic E-state index is 14.4. The number of rotatable bonds is 6. The summed E-state index contributed by atoms with van der Waals surface area (Å²) in [5, 5.41) is 11.9. The molecule has 0 radical (unpaired) electrons. The highest BCUT2D eigenvalue weighted by molar-refractivity contribution is 6.05. The number of nitrogens with two attached hydrogens (primary N) is 1. The van der Waals surface area contributed by atoms with E-state index in [2.05, 4.69) is 20.4 Å². The molecule has 39 heavy (non-hydrogen) atoms. The van der Waals surface area contributed by atoms with E-state index in [1.807, 2.05) is 6.07 Å². The van der Waals surface area contributed by atoms with Crippen molar-refractivity contribution in [3.05, 3.63) is 48.0 Å². The van der Waals surface area contributed by atoms with Gasteiger partial charge >= 0.3 is 11.9 Å². The van der Waals surface area contributed by atoms with Gasteiger partial charge in [-0.25, -0.2) is 4.79 Å². The number of ketones is 1. The van der Waals surface area contributed by atoms with E-state index in [1.54, 1.807) is 31.4 Å². The van der Waals surface area contributed by atoms with Gasteiger partial charge in [0.1, 0.15) is 17.6 Å². The Labute approximate surface area is 230 Å². The summed E-state index contributed by atoms with van der Waals surface area (Å²) in [5.74, 6) is -2.46. The predicted molar refractivity (Wildman–Crippen MR) is 143 cm³/mol. The van der Waals surface area contributed by atoms with Crippen LogP contribution in [0.4, 0.5) is 0 Å². The highest BCUT2D eigenvalue weighted by Crippen LogP contribution is 2.72. The zero-order valence-corrected chi connectivity index (χ0v) is 23.4. The Morgan fingerprint density at radius 3 is 2.51 bits per heavy atom. The number of Topliss-reactive ketones (excluding diaryl/α,β-unsaturated/α-hetero) is 1. The fourth-order valence-electron chi connectivity index (χ4n) is 9.08. The molecule has 5 rings (SSSR count). The summed E-state index contributed by atoms with van der Waals surface area (Å²) in [6.07, 6.45) is 0.857. The highest BCUT2D eigenvalue weighted by Gasteiger charge is 2.78. The van der Waals surface area contributed by atoms with E-state index < -0.39 is 59.0 Å². The summed E-state index contributed by atoms with van der Waals surface area (Å²) < 4.78 is 18.1. The lowest BCUT2D eigenvalue weighted by molar-refractivity contribution is -0.272. The van der Waals surface area contributed by atoms with Crippen molar-refractivity contribution >= 4 is 17.7 Å². The predicted octanol–water partition coefficient (Wildman–Crippen LogP) is 3.52. The maximum Gasteiger partial charge on any atom is 0.327 e. The van der Waals surface area contributed by atoms with Crippen LogP contribution >= 0.6 is 0 Å². The van der Waals surface area contributed by atoms with Crippen LogP contribution in [0.25, 0.3) is 0 Å². The van der Waals surface area contributed by atoms with Gasteiger partial charge in [0.05, 0.1) is 18.8 Å². The molecule has 212 valence electrons. The number of fused-ring (bicyclic) bond motifs is 3. The van der Waals surface area contributed by atoms with E-state index in [-0.39, 0.29) is 30.1 Å². The van der Waals surface area contributed by atoms with Gasteiger partial charge < -0.3 is 25.1 Å². The largest absolute Gasteiger partial charge is 0.465 e. The Balaban J connectivity index is 1.64. The average Bonchev–Trinajstić information content (AvgIpc) is 3.03. The number of methoxy groups -OCH3 is 1. The first-order valence-corrected chi connectivity index (χ1v) is 14.0. The van der Waals surface area contributed by atoms with Crippen molar-refractivity contribution in [2.45, 2.75) is 77.2 Å². The molecule has 0 unspecified atom stereocenters. The number of ether oxygens (including phenoxy) is 3. The van der Waals surface area contributed by atoms with Crippen molar-refractivity contribution in [2.75, 3.05) is 13.7 Å². The van der Waals surface area contributed by atoms with Crippen molar-refractivity contribution in [1.29, 1.82) is 0 Å². The Kier molecular flexibility index (Phi) is 7.05. The Morgan fingerprint density at radius 1 is 1.18 bits per heavy atom. The molecule has 0 aliphatic heterocycles. The first-order valence-electron chi connectivity index (χ1n) is 14.0. The number of hydrogen-bond donors (Lipinski definition) is 2. The minimum absolute atomic E-state index is 0.00877. The summed E-state index contributed by atoms with van der Waals surface area (Å²) in [7, 11) is 1.57. The Bertz CT molecular complexity index is 1160. The zero-order valence-electron chi connectivity index (χ0n) is 23.4. The molecule has 2 bridgehead atoms. The fourth-order valence-corrected chi connectivity index (χ4v) is 9.08. The van der Waals surface area contributed by atoms with Gasteiger partial charge in [0.15, 0.2) is 5.78 Å². The second-order valence-corrected chi connectivity index (χ2v) is 12.8. The lowest BCUT2D eigenvalue weighted by Crippen LogP contribution is -2.72. The number of aliphatic hydroxyl groups is 1. The van der Waals surface area contributed by atoms with Gasteiger partial charge in [0.2, 0.25) is 0 Å². The van der Waals surface area contributed by atoms with Gasteiger partial charge in [-0.15, -0.1) is 0 Å². The smallest absolute Gasteiger partial charge is 0.327 e. The van der Waals surface area contributed by atoms with E-state index in [0.717, 1.165) is 12.8 Å². The lowest BCUT2D eigenvalue weighted by Gasteiger charge is -2.67. The average molecular weight is 540 g/mol. The molecule has 9 atom stereocenters. The van der Waals surface area contributed by atoms with E-state index >= 15 is 0 Å². The monoisotopic (exact) mass is 539 g/mol. The molecule has 0 heterocycles. The maximum atomic E-state index is 14.4. The first-order chi connectivity index (χ1) is 18.4. The summed E-state index contributed by atoms with van der Waals surface area (Å²) in [6, 6.07) is 7.93. The molecule has 4 fully saturated rings. The molecule has 4 aliphatic carbocycles. The second-order valence-electron chi connectivity index (χ2n) is 12.8. The number of benzene rings is 1. The Hall–Kier alpha value is -2.55. The van der Waals surface area contributed by atoms with Crippen LogP contribution in [0.3, 0.4) is 0 Å². The van der Waals surface area contributed by atoms with Crippen molar-refractivity contribution < 1.29 is 33.7 Å². The molecule has 3 N–H and O–H groups in total. The summed E-state index contributed by atoms with van der Waals surface area (Å²) in [4.78, 5) is 40.0. The van der Waals surface area contributed by atoms with Crippen LogP contribution in [0.5, 0.6) is 0 Å². The summed E-state index contributed by atoms with van der Waals surface area (Å²) >= 11 is 0. The minimum atomic E-state index is -1.36. The highest BCUT2D eigenvalue weighted by atomic mass is 16.6. The van der Waals surface area contributed by atoms with Gasteiger partial charge in [0.25, 0.3) is 0 Å². The van der Waals surface area contributed by atoms with E-state index in [9.17, 15) is 19.5 Å². The summed E-state index contributed by atoms with van der Waals surface area (Å²) in [6.45, 7) is 10.0. The third kappa shape index (κ3) is 4.01. The standard InChI is InChI=1S/C31H41NO7/c1-17-20-14-21(34)25-30(16-38-18(2)33)13-9-12-29(3,4)22(30)15-23(37-5)31(25,26(17)35)27(20)39-28(36)24(32)19-10-7-6-8-11-19/h6-8,10-11,20-25,27,34H,1,9,12-16,32H2,2-5H3/t20-,21-,22+,23+,24-,25-,27+,30-,31+/m0/s1. The van der Waals surface area contributed by atoms with E-state index in [1.165, 1.54) is 6.92 Å². The number of carbonyl (C=O) groups is 3. The first kappa shape index (κ1) is 28.0. The number of esters is 2. The van der Waals surface area contributed by atoms with Gasteiger partial charge in [-0.2, -0.15) is 0 Å². The Morgan fingerprint density at radius 2 is 1.87 bits per heavy atom. The molecule has 1 aromatic carbocycles. The van der Waals surface area contributed by atoms with Crippen molar-refractivity contribution in [2.24, 2.45) is 39.7 Å². The third-order valence-corrected chi connectivity index (χ3v) is 10.6. The third-order valence-electron chi connectivity index (χ3n) is 10.6. The number of carbonyl (C=O) groups excluding carboxylic acids is 3. The molecule has 8 nitrogen and oxygen atoms in total. The minimum Gasteiger partial charge on any atom is -0.465 e. The van der Waals surface area contributed by atoms with Crippen molar-refractivity contribution in [3.8, 4) is 0 Å². The molecular formula is C31H41NO7. The molecule has 0 aromatic heterocycles. The molecule has 4 aliphatic rings. The van der Waals surface area contributed by atoms with Crippen LogP contribution in [0.1, 0.15) is 64.5 Å². The van der Waals surface area contributed by atoms with Crippen LogP contribution in [-0.2, 0) is 28.6 Å². The topological polar surface area (TPSA) is 125 Å². The molecule has 1 aromatic rings. The van der Waals surface area contributed by atoms with Crippen molar-refractivity contribution in [3.63, 3.8) is 0 Å². The molecule has 0 amide bonds. The number of aliphatic hydroxyl groups excluding tert-OH is 1. The number of hydrogen-bond acceptors (Lipinski definition) is 8. The van der Waals surface area contributed by atoms with Crippen LogP contribution in [0.15, 0.2) is 42.5 Å². The van der Waals surface area contributed by atoms with Crippen LogP contribution < -0.4 is 5.73 Å².